The summed E-state index contributed by atoms with van der Waals surface area (Å²) in [4.78, 5) is 18.7. The van der Waals surface area contributed by atoms with E-state index in [1.165, 1.54) is 0 Å². The Hall–Kier alpha value is -3.14. The topological polar surface area (TPSA) is 45.2 Å². The first-order chi connectivity index (χ1) is 11.6. The van der Waals surface area contributed by atoms with Crippen molar-refractivity contribution in [1.82, 2.24) is 4.98 Å². The zero-order valence-electron chi connectivity index (χ0n) is 13.7. The standard InChI is InChI=1S/C20H19N3O/c1-23(2)18-7-5-6-17(14-18)22-20(24)16-11-9-15(10-12-16)19-8-3-4-13-21-19/h3-14H,1-2H3,(H,22,24). The van der Waals surface area contributed by atoms with Gasteiger partial charge >= 0.3 is 0 Å². The molecule has 0 saturated carbocycles. The van der Waals surface area contributed by atoms with Crippen LogP contribution in [0.3, 0.4) is 0 Å². The Balaban J connectivity index is 1.75. The highest BCUT2D eigenvalue weighted by molar-refractivity contribution is 6.04. The Bertz CT molecular complexity index is 827. The molecule has 0 aliphatic rings. The summed E-state index contributed by atoms with van der Waals surface area (Å²) >= 11 is 0. The fourth-order valence-electron chi connectivity index (χ4n) is 2.39. The van der Waals surface area contributed by atoms with Crippen molar-refractivity contribution >= 4 is 17.3 Å². The highest BCUT2D eigenvalue weighted by Gasteiger charge is 2.07. The van der Waals surface area contributed by atoms with Crippen molar-refractivity contribution in [2.75, 3.05) is 24.3 Å². The largest absolute Gasteiger partial charge is 0.378 e. The number of nitrogens with one attached hydrogen (secondary N) is 1. The van der Waals surface area contributed by atoms with Crippen LogP contribution in [0.15, 0.2) is 72.9 Å². The Morgan fingerprint density at radius 1 is 0.958 bits per heavy atom. The number of amides is 1. The quantitative estimate of drug-likeness (QED) is 0.789. The lowest BCUT2D eigenvalue weighted by molar-refractivity contribution is 0.102. The van der Waals surface area contributed by atoms with Gasteiger partial charge in [0.2, 0.25) is 0 Å². The van der Waals surface area contributed by atoms with Gasteiger partial charge in [-0.1, -0.05) is 24.3 Å². The minimum absolute atomic E-state index is 0.126. The molecule has 0 aliphatic heterocycles. The Kier molecular flexibility index (Phi) is 4.57. The summed E-state index contributed by atoms with van der Waals surface area (Å²) < 4.78 is 0. The lowest BCUT2D eigenvalue weighted by Crippen LogP contribution is -2.13. The lowest BCUT2D eigenvalue weighted by Gasteiger charge is -2.14. The summed E-state index contributed by atoms with van der Waals surface area (Å²) in [5.74, 6) is -0.126. The molecule has 0 atom stereocenters. The average Bonchev–Trinajstić information content (AvgIpc) is 2.63. The Labute approximate surface area is 141 Å². The third kappa shape index (κ3) is 3.60. The Morgan fingerprint density at radius 2 is 1.75 bits per heavy atom. The first-order valence-electron chi connectivity index (χ1n) is 7.74. The van der Waals surface area contributed by atoms with Gasteiger partial charge in [-0.05, 0) is 42.5 Å². The predicted molar refractivity (Wildman–Crippen MR) is 98.4 cm³/mol. The number of nitrogens with zero attached hydrogens (tertiary/aromatic N) is 2. The molecule has 3 aromatic rings. The van der Waals surface area contributed by atoms with Crippen LogP contribution in [-0.4, -0.2) is 25.0 Å². The molecular formula is C20H19N3O. The number of benzene rings is 2. The number of anilines is 2. The number of carbonyl (C=O) groups excluding carboxylic acids is 1. The summed E-state index contributed by atoms with van der Waals surface area (Å²) in [7, 11) is 3.94. The molecule has 0 aliphatic carbocycles. The fraction of sp³-hybridized carbons (Fsp3) is 0.100. The first kappa shape index (κ1) is 15.7. The number of rotatable bonds is 4. The van der Waals surface area contributed by atoms with Crippen molar-refractivity contribution in [3.05, 3.63) is 78.5 Å². The van der Waals surface area contributed by atoms with Gasteiger partial charge in [-0.3, -0.25) is 9.78 Å². The maximum Gasteiger partial charge on any atom is 0.255 e. The van der Waals surface area contributed by atoms with Crippen LogP contribution in [0.25, 0.3) is 11.3 Å². The summed E-state index contributed by atoms with van der Waals surface area (Å²) in [6, 6.07) is 21.0. The lowest BCUT2D eigenvalue weighted by atomic mass is 10.1. The van der Waals surface area contributed by atoms with E-state index in [9.17, 15) is 4.79 Å². The number of hydrogen-bond acceptors (Lipinski definition) is 3. The van der Waals surface area contributed by atoms with Gasteiger partial charge in [0.05, 0.1) is 5.69 Å². The minimum atomic E-state index is -0.126. The van der Waals surface area contributed by atoms with Gasteiger partial charge in [0.1, 0.15) is 0 Å². The van der Waals surface area contributed by atoms with E-state index in [2.05, 4.69) is 10.3 Å². The molecular weight excluding hydrogens is 298 g/mol. The number of aromatic nitrogens is 1. The number of pyridine rings is 1. The summed E-state index contributed by atoms with van der Waals surface area (Å²) in [6.45, 7) is 0. The molecule has 1 amide bonds. The van der Waals surface area contributed by atoms with Gasteiger partial charge in [0.25, 0.3) is 5.91 Å². The molecule has 2 aromatic carbocycles. The first-order valence-corrected chi connectivity index (χ1v) is 7.74. The van der Waals surface area contributed by atoms with E-state index >= 15 is 0 Å². The molecule has 24 heavy (non-hydrogen) atoms. The minimum Gasteiger partial charge on any atom is -0.378 e. The van der Waals surface area contributed by atoms with Crippen molar-refractivity contribution in [3.8, 4) is 11.3 Å². The van der Waals surface area contributed by atoms with Crippen molar-refractivity contribution in [1.29, 1.82) is 0 Å². The van der Waals surface area contributed by atoms with Crippen LogP contribution in [0.4, 0.5) is 11.4 Å². The van der Waals surface area contributed by atoms with Gasteiger partial charge in [-0.15, -0.1) is 0 Å². The van der Waals surface area contributed by atoms with E-state index in [-0.39, 0.29) is 5.91 Å². The molecule has 1 aromatic heterocycles. The van der Waals surface area contributed by atoms with E-state index in [0.717, 1.165) is 22.6 Å². The summed E-state index contributed by atoms with van der Waals surface area (Å²) in [5, 5.41) is 2.93. The van der Waals surface area contributed by atoms with Crippen molar-refractivity contribution in [2.45, 2.75) is 0 Å². The van der Waals surface area contributed by atoms with E-state index < -0.39 is 0 Å². The second-order valence-electron chi connectivity index (χ2n) is 5.69. The van der Waals surface area contributed by atoms with Gasteiger partial charge in [0, 0.05) is 42.8 Å². The summed E-state index contributed by atoms with van der Waals surface area (Å²) in [6.07, 6.45) is 1.76. The molecule has 0 radical (unpaired) electrons. The molecule has 120 valence electrons. The molecule has 0 unspecified atom stereocenters. The van der Waals surface area contributed by atoms with Gasteiger partial charge in [-0.25, -0.2) is 0 Å². The monoisotopic (exact) mass is 317 g/mol. The van der Waals surface area contributed by atoms with Crippen LogP contribution in [-0.2, 0) is 0 Å². The third-order valence-electron chi connectivity index (χ3n) is 3.73. The third-order valence-corrected chi connectivity index (χ3v) is 3.73. The SMILES string of the molecule is CN(C)c1cccc(NC(=O)c2ccc(-c3ccccn3)cc2)c1. The van der Waals surface area contributed by atoms with E-state index in [1.807, 2.05) is 85.7 Å². The Morgan fingerprint density at radius 3 is 2.42 bits per heavy atom. The van der Waals surface area contributed by atoms with Gasteiger partial charge in [0.15, 0.2) is 0 Å². The molecule has 0 saturated heterocycles. The molecule has 4 heteroatoms. The van der Waals surface area contributed by atoms with E-state index in [0.29, 0.717) is 5.56 Å². The van der Waals surface area contributed by atoms with Crippen LogP contribution in [0, 0.1) is 0 Å². The maximum atomic E-state index is 12.4. The smallest absolute Gasteiger partial charge is 0.255 e. The summed E-state index contributed by atoms with van der Waals surface area (Å²) in [5.41, 5.74) is 4.31. The van der Waals surface area contributed by atoms with Crippen molar-refractivity contribution in [3.63, 3.8) is 0 Å². The zero-order valence-corrected chi connectivity index (χ0v) is 13.7. The second-order valence-corrected chi connectivity index (χ2v) is 5.69. The molecule has 4 nitrogen and oxygen atoms in total. The molecule has 0 fully saturated rings. The average molecular weight is 317 g/mol. The normalized spacial score (nSPS) is 10.2. The number of carbonyl (C=O) groups is 1. The molecule has 0 spiro atoms. The van der Waals surface area contributed by atoms with Crippen LogP contribution in [0.2, 0.25) is 0 Å². The predicted octanol–water partition coefficient (Wildman–Crippen LogP) is 4.07. The van der Waals surface area contributed by atoms with Crippen molar-refractivity contribution < 1.29 is 4.79 Å². The van der Waals surface area contributed by atoms with Crippen molar-refractivity contribution in [2.24, 2.45) is 0 Å². The van der Waals surface area contributed by atoms with Crippen LogP contribution in [0.5, 0.6) is 0 Å². The second kappa shape index (κ2) is 6.96. The molecule has 1 heterocycles. The van der Waals surface area contributed by atoms with Crippen LogP contribution < -0.4 is 10.2 Å². The zero-order chi connectivity index (χ0) is 16.9. The van der Waals surface area contributed by atoms with E-state index in [4.69, 9.17) is 0 Å². The van der Waals surface area contributed by atoms with Gasteiger partial charge in [-0.2, -0.15) is 0 Å². The van der Waals surface area contributed by atoms with E-state index in [1.54, 1.807) is 6.20 Å². The van der Waals surface area contributed by atoms with Gasteiger partial charge < -0.3 is 10.2 Å². The molecule has 1 N–H and O–H groups in total. The number of hydrogen-bond donors (Lipinski definition) is 1. The van der Waals surface area contributed by atoms with Crippen LogP contribution in [0.1, 0.15) is 10.4 Å². The fourth-order valence-corrected chi connectivity index (χ4v) is 2.39. The highest BCUT2D eigenvalue weighted by Crippen LogP contribution is 2.20. The highest BCUT2D eigenvalue weighted by atomic mass is 16.1. The van der Waals surface area contributed by atoms with Crippen LogP contribution >= 0.6 is 0 Å². The molecule has 3 rings (SSSR count). The maximum absolute atomic E-state index is 12.4. The molecule has 0 bridgehead atoms.